The molecule has 0 unspecified atom stereocenters. The number of aromatic nitrogens is 3. The molecule has 0 saturated heterocycles. The second kappa shape index (κ2) is 6.47. The molecule has 5 heteroatoms. The van der Waals surface area contributed by atoms with Crippen molar-refractivity contribution in [3.63, 3.8) is 0 Å². The van der Waals surface area contributed by atoms with Crippen LogP contribution >= 0.6 is 0 Å². The van der Waals surface area contributed by atoms with E-state index in [9.17, 15) is 10.1 Å². The third-order valence-electron chi connectivity index (χ3n) is 3.99. The Morgan fingerprint density at radius 1 is 1.17 bits per heavy atom. The van der Waals surface area contributed by atoms with Gasteiger partial charge < -0.3 is 0 Å². The first-order valence-electron chi connectivity index (χ1n) is 7.59. The average Bonchev–Trinajstić information content (AvgIpc) is 2.98. The van der Waals surface area contributed by atoms with Gasteiger partial charge in [0.05, 0.1) is 34.9 Å². The summed E-state index contributed by atoms with van der Waals surface area (Å²) in [7, 11) is 0. The number of hydrogen-bond acceptors (Lipinski definition) is 4. The molecule has 0 amide bonds. The Morgan fingerprint density at radius 2 is 1.92 bits per heavy atom. The van der Waals surface area contributed by atoms with E-state index >= 15 is 0 Å². The minimum Gasteiger partial charge on any atom is -0.292 e. The molecule has 0 spiro atoms. The molecule has 0 radical (unpaired) electrons. The Hall–Kier alpha value is -3.26. The third-order valence-corrected chi connectivity index (χ3v) is 3.99. The molecule has 0 N–H and O–H groups in total. The largest absolute Gasteiger partial charge is 0.292 e. The first kappa shape index (κ1) is 15.6. The van der Waals surface area contributed by atoms with Gasteiger partial charge in [-0.2, -0.15) is 10.4 Å². The summed E-state index contributed by atoms with van der Waals surface area (Å²) in [6, 6.07) is 15.1. The van der Waals surface area contributed by atoms with Crippen molar-refractivity contribution in [2.24, 2.45) is 0 Å². The van der Waals surface area contributed by atoms with Gasteiger partial charge in [0.1, 0.15) is 0 Å². The van der Waals surface area contributed by atoms with Gasteiger partial charge in [-0.05, 0) is 37.6 Å². The number of nitriles is 1. The normalized spacial score (nSPS) is 11.7. The van der Waals surface area contributed by atoms with Crippen molar-refractivity contribution in [1.29, 1.82) is 5.26 Å². The second-order valence-electron chi connectivity index (χ2n) is 5.52. The van der Waals surface area contributed by atoms with Crippen molar-refractivity contribution in [3.05, 3.63) is 77.4 Å². The topological polar surface area (TPSA) is 71.6 Å². The number of rotatable bonds is 4. The molecule has 0 aliphatic heterocycles. The van der Waals surface area contributed by atoms with E-state index in [1.54, 1.807) is 29.1 Å². The lowest BCUT2D eigenvalue weighted by Gasteiger charge is -2.10. The van der Waals surface area contributed by atoms with E-state index < -0.39 is 5.92 Å². The van der Waals surface area contributed by atoms with E-state index in [4.69, 9.17) is 0 Å². The van der Waals surface area contributed by atoms with Gasteiger partial charge in [0.25, 0.3) is 0 Å². The van der Waals surface area contributed by atoms with Crippen LogP contribution in [0.15, 0.2) is 54.9 Å². The summed E-state index contributed by atoms with van der Waals surface area (Å²) in [6.07, 6.45) is 3.11. The lowest BCUT2D eigenvalue weighted by molar-refractivity contribution is 0.0977. The van der Waals surface area contributed by atoms with Crippen LogP contribution in [0.4, 0.5) is 0 Å². The number of hydrogen-bond donors (Lipinski definition) is 0. The Balaban J connectivity index is 2.01. The second-order valence-corrected chi connectivity index (χ2v) is 5.52. The van der Waals surface area contributed by atoms with Gasteiger partial charge in [0.2, 0.25) is 0 Å². The molecule has 3 rings (SSSR count). The maximum Gasteiger partial charge on any atom is 0.189 e. The fourth-order valence-corrected chi connectivity index (χ4v) is 2.66. The number of ketones is 1. The number of benzene rings is 1. The highest BCUT2D eigenvalue weighted by molar-refractivity contribution is 6.03. The van der Waals surface area contributed by atoms with Crippen LogP contribution in [0.1, 0.15) is 33.2 Å². The summed E-state index contributed by atoms with van der Waals surface area (Å²) >= 11 is 0. The Morgan fingerprint density at radius 3 is 2.58 bits per heavy atom. The number of Topliss-reactive ketones (excluding diaryl/α,β-unsaturated/α-hetero) is 1. The molecule has 118 valence electrons. The fourth-order valence-electron chi connectivity index (χ4n) is 2.66. The molecule has 5 nitrogen and oxygen atoms in total. The summed E-state index contributed by atoms with van der Waals surface area (Å²) in [5, 5.41) is 13.8. The molecule has 0 saturated carbocycles. The van der Waals surface area contributed by atoms with Crippen LogP contribution in [0.25, 0.3) is 5.69 Å². The van der Waals surface area contributed by atoms with Crippen molar-refractivity contribution >= 4 is 5.78 Å². The first-order valence-corrected chi connectivity index (χ1v) is 7.59. The van der Waals surface area contributed by atoms with Crippen molar-refractivity contribution in [2.75, 3.05) is 0 Å². The molecule has 2 aromatic heterocycles. The minimum absolute atomic E-state index is 0.284. The molecule has 0 fully saturated rings. The monoisotopic (exact) mass is 316 g/mol. The van der Waals surface area contributed by atoms with Crippen LogP contribution in [0.2, 0.25) is 0 Å². The molecule has 1 aromatic carbocycles. The van der Waals surface area contributed by atoms with Crippen molar-refractivity contribution in [2.45, 2.75) is 19.8 Å². The highest BCUT2D eigenvalue weighted by Crippen LogP contribution is 2.23. The van der Waals surface area contributed by atoms with E-state index in [-0.39, 0.29) is 5.78 Å². The van der Waals surface area contributed by atoms with Gasteiger partial charge in [-0.1, -0.05) is 24.3 Å². The molecule has 3 aromatic rings. The maximum absolute atomic E-state index is 12.8. The summed E-state index contributed by atoms with van der Waals surface area (Å²) in [6.45, 7) is 3.82. The highest BCUT2D eigenvalue weighted by atomic mass is 16.1. The van der Waals surface area contributed by atoms with Crippen LogP contribution in [-0.2, 0) is 0 Å². The molecular weight excluding hydrogens is 300 g/mol. The van der Waals surface area contributed by atoms with Gasteiger partial charge in [0.15, 0.2) is 11.7 Å². The molecule has 0 aliphatic rings. The van der Waals surface area contributed by atoms with E-state index in [0.717, 1.165) is 11.3 Å². The summed E-state index contributed by atoms with van der Waals surface area (Å²) in [5.41, 5.74) is 3.58. The van der Waals surface area contributed by atoms with Crippen LogP contribution in [0, 0.1) is 25.2 Å². The fraction of sp³-hybridized carbons (Fsp3) is 0.158. The van der Waals surface area contributed by atoms with Crippen molar-refractivity contribution in [1.82, 2.24) is 14.8 Å². The number of aryl methyl sites for hydroxylation is 1. The predicted molar refractivity (Wildman–Crippen MR) is 90.0 cm³/mol. The quantitative estimate of drug-likeness (QED) is 0.692. The molecule has 24 heavy (non-hydrogen) atoms. The number of para-hydroxylation sites is 1. The number of pyridine rings is 1. The third kappa shape index (κ3) is 2.70. The van der Waals surface area contributed by atoms with E-state index in [2.05, 4.69) is 16.2 Å². The lowest BCUT2D eigenvalue weighted by Crippen LogP contribution is -2.13. The van der Waals surface area contributed by atoms with Crippen LogP contribution in [0.5, 0.6) is 0 Å². The van der Waals surface area contributed by atoms with Crippen molar-refractivity contribution < 1.29 is 4.79 Å². The lowest BCUT2D eigenvalue weighted by atomic mass is 9.96. The highest BCUT2D eigenvalue weighted by Gasteiger charge is 2.26. The zero-order valence-corrected chi connectivity index (χ0v) is 13.5. The van der Waals surface area contributed by atoms with Gasteiger partial charge in [-0.3, -0.25) is 9.78 Å². The van der Waals surface area contributed by atoms with E-state index in [1.165, 1.54) is 6.20 Å². The number of carbonyl (C=O) groups is 1. The van der Waals surface area contributed by atoms with Crippen LogP contribution < -0.4 is 0 Å². The standard InChI is InChI=1S/C19H16N4O/c1-13-7-3-4-9-18(13)23-14(2)16(12-22-23)19(24)15(11-20)17-8-5-6-10-21-17/h3-10,12,15H,1-2H3/t15-/m0/s1. The average molecular weight is 316 g/mol. The molecule has 0 bridgehead atoms. The molecule has 2 heterocycles. The molecule has 0 aliphatic carbocycles. The maximum atomic E-state index is 12.8. The summed E-state index contributed by atoms with van der Waals surface area (Å²) < 4.78 is 1.73. The van der Waals surface area contributed by atoms with E-state index in [0.29, 0.717) is 17.0 Å². The Labute approximate surface area is 140 Å². The number of carbonyl (C=O) groups excluding carboxylic acids is 1. The zero-order chi connectivity index (χ0) is 17.1. The van der Waals surface area contributed by atoms with Gasteiger partial charge in [0, 0.05) is 6.20 Å². The molecular formula is C19H16N4O. The number of nitrogens with zero attached hydrogens (tertiary/aromatic N) is 4. The minimum atomic E-state index is -0.931. The van der Waals surface area contributed by atoms with Crippen LogP contribution in [0.3, 0.4) is 0 Å². The van der Waals surface area contributed by atoms with Gasteiger partial charge in [-0.25, -0.2) is 4.68 Å². The first-order chi connectivity index (χ1) is 11.6. The Bertz CT molecular complexity index is 922. The van der Waals surface area contributed by atoms with Crippen LogP contribution in [-0.4, -0.2) is 20.5 Å². The van der Waals surface area contributed by atoms with Crippen molar-refractivity contribution in [3.8, 4) is 11.8 Å². The molecule has 1 atom stereocenters. The summed E-state index contributed by atoms with van der Waals surface area (Å²) in [4.78, 5) is 16.9. The van der Waals surface area contributed by atoms with Gasteiger partial charge in [-0.15, -0.1) is 0 Å². The zero-order valence-electron chi connectivity index (χ0n) is 13.5. The predicted octanol–water partition coefficient (Wildman–Crippen LogP) is 3.37. The summed E-state index contributed by atoms with van der Waals surface area (Å²) in [5.74, 6) is -1.21. The smallest absolute Gasteiger partial charge is 0.189 e. The SMILES string of the molecule is Cc1ccccc1-n1ncc(C(=O)[C@@H](C#N)c2ccccn2)c1C. The van der Waals surface area contributed by atoms with Gasteiger partial charge >= 0.3 is 0 Å². The van der Waals surface area contributed by atoms with E-state index in [1.807, 2.05) is 38.1 Å². The Kier molecular flexibility index (Phi) is 4.21.